The minimum atomic E-state index is -0.606. The van der Waals surface area contributed by atoms with E-state index in [0.29, 0.717) is 40.6 Å². The van der Waals surface area contributed by atoms with Gasteiger partial charge in [0.1, 0.15) is 17.0 Å². The van der Waals surface area contributed by atoms with E-state index in [2.05, 4.69) is 9.97 Å². The second-order valence-corrected chi connectivity index (χ2v) is 7.59. The summed E-state index contributed by atoms with van der Waals surface area (Å²) >= 11 is 0. The molecule has 2 aromatic heterocycles. The van der Waals surface area contributed by atoms with Crippen LogP contribution >= 0.6 is 0 Å². The highest BCUT2D eigenvalue weighted by Gasteiger charge is 2.34. The topological polar surface area (TPSA) is 106 Å². The molecule has 0 atom stereocenters. The maximum atomic E-state index is 11.8. The van der Waals surface area contributed by atoms with Crippen molar-refractivity contribution in [3.8, 4) is 17.0 Å². The molecule has 3 aromatic carbocycles. The summed E-state index contributed by atoms with van der Waals surface area (Å²) in [4.78, 5) is 32.3. The van der Waals surface area contributed by atoms with E-state index < -0.39 is 11.6 Å². The molecule has 0 saturated carbocycles. The van der Waals surface area contributed by atoms with Crippen LogP contribution in [0.1, 0.15) is 46.5 Å². The number of carbonyl (C=O) groups excluding carboxylic acids is 2. The Morgan fingerprint density at radius 1 is 0.788 bits per heavy atom. The number of phenolic OH excluding ortho intramolecular Hbond substituents is 1. The number of oxazole rings is 2. The zero-order valence-corrected chi connectivity index (χ0v) is 18.1. The number of carbonyl (C=O) groups is 2. The van der Waals surface area contributed by atoms with E-state index in [4.69, 9.17) is 8.83 Å². The van der Waals surface area contributed by atoms with Gasteiger partial charge in [0, 0.05) is 40.8 Å². The van der Waals surface area contributed by atoms with Crippen LogP contribution in [0.3, 0.4) is 0 Å². The molecule has 7 heteroatoms. The minimum Gasteiger partial charge on any atom is -0.507 e. The maximum Gasteiger partial charge on any atom is 0.271 e. The third-order valence-electron chi connectivity index (χ3n) is 5.54. The molecule has 0 bridgehead atoms. The molecule has 5 aromatic rings. The van der Waals surface area contributed by atoms with Crippen molar-refractivity contribution in [2.24, 2.45) is 0 Å². The average molecular weight is 440 g/mol. The van der Waals surface area contributed by atoms with Crippen molar-refractivity contribution in [2.45, 2.75) is 26.7 Å². The van der Waals surface area contributed by atoms with Gasteiger partial charge in [-0.3, -0.25) is 9.59 Å². The zero-order valence-electron chi connectivity index (χ0n) is 18.1. The molecule has 164 valence electrons. The molecule has 33 heavy (non-hydrogen) atoms. The number of aromatic nitrogens is 2. The van der Waals surface area contributed by atoms with Crippen molar-refractivity contribution in [3.05, 3.63) is 77.7 Å². The lowest BCUT2D eigenvalue weighted by molar-refractivity contribution is 0.0798. The van der Waals surface area contributed by atoms with Crippen molar-refractivity contribution < 1.29 is 23.5 Å². The van der Waals surface area contributed by atoms with Crippen molar-refractivity contribution in [3.63, 3.8) is 0 Å². The summed E-state index contributed by atoms with van der Waals surface area (Å²) in [6.45, 7) is 3.88. The quantitative estimate of drug-likeness (QED) is 0.360. The molecule has 0 unspecified atom stereocenters. The first-order valence-corrected chi connectivity index (χ1v) is 10.7. The number of nitrogens with zero attached hydrogens (tertiary/aromatic N) is 2. The van der Waals surface area contributed by atoms with Gasteiger partial charge in [-0.25, -0.2) is 9.97 Å². The third-order valence-corrected chi connectivity index (χ3v) is 5.54. The van der Waals surface area contributed by atoms with Gasteiger partial charge in [-0.2, -0.15) is 0 Å². The number of aryl methyl sites for hydroxylation is 2. The Morgan fingerprint density at radius 3 is 2.15 bits per heavy atom. The summed E-state index contributed by atoms with van der Waals surface area (Å²) in [6, 6.07) is 16.2. The van der Waals surface area contributed by atoms with Gasteiger partial charge in [0.15, 0.2) is 17.4 Å². The maximum absolute atomic E-state index is 11.8. The smallest absolute Gasteiger partial charge is 0.271 e. The van der Waals surface area contributed by atoms with E-state index in [1.165, 1.54) is 0 Å². The summed E-state index contributed by atoms with van der Waals surface area (Å²) in [7, 11) is 0. The van der Waals surface area contributed by atoms with Gasteiger partial charge in [0.2, 0.25) is 11.5 Å². The fourth-order valence-corrected chi connectivity index (χ4v) is 3.90. The van der Waals surface area contributed by atoms with Gasteiger partial charge < -0.3 is 13.9 Å². The number of rotatable bonds is 2. The summed E-state index contributed by atoms with van der Waals surface area (Å²) in [5.74, 6) is 0.365. The van der Waals surface area contributed by atoms with Crippen LogP contribution in [0.2, 0.25) is 0 Å². The number of ketones is 2. The Morgan fingerprint density at radius 2 is 1.42 bits per heavy atom. The Labute approximate surface area is 188 Å². The predicted molar refractivity (Wildman–Crippen MR) is 123 cm³/mol. The highest BCUT2D eigenvalue weighted by Crippen LogP contribution is 2.34. The fraction of sp³-hybridized carbons (Fsp3) is 0.154. The zero-order chi connectivity index (χ0) is 23.1. The first kappa shape index (κ1) is 20.6. The lowest BCUT2D eigenvalue weighted by Crippen LogP contribution is -2.20. The molecule has 1 aliphatic carbocycles. The van der Waals surface area contributed by atoms with Gasteiger partial charge in [0.25, 0.3) is 5.78 Å². The highest BCUT2D eigenvalue weighted by atomic mass is 16.4. The largest absolute Gasteiger partial charge is 0.507 e. The highest BCUT2D eigenvalue weighted by molar-refractivity contribution is 6.52. The number of hydrogen-bond donors (Lipinski definition) is 1. The number of phenols is 1. The van der Waals surface area contributed by atoms with Crippen LogP contribution in [0.15, 0.2) is 63.4 Å². The average Bonchev–Trinajstić information content (AvgIpc) is 3.48. The van der Waals surface area contributed by atoms with Crippen LogP contribution in [0, 0.1) is 0 Å². The van der Waals surface area contributed by atoms with Gasteiger partial charge in [-0.05, 0) is 0 Å². The molecular formula is C26H20N2O5. The molecule has 0 spiro atoms. The molecule has 1 aliphatic rings. The minimum absolute atomic E-state index is 0.0746. The number of aromatic hydroxyl groups is 1. The van der Waals surface area contributed by atoms with Crippen molar-refractivity contribution >= 4 is 33.4 Å². The van der Waals surface area contributed by atoms with E-state index in [1.54, 1.807) is 24.3 Å². The van der Waals surface area contributed by atoms with Crippen molar-refractivity contribution in [1.82, 2.24) is 9.97 Å². The van der Waals surface area contributed by atoms with Crippen molar-refractivity contribution in [1.29, 1.82) is 0 Å². The van der Waals surface area contributed by atoms with E-state index in [-0.39, 0.29) is 11.5 Å². The predicted octanol–water partition coefficient (Wildman–Crippen LogP) is 5.53. The summed E-state index contributed by atoms with van der Waals surface area (Å²) in [6.07, 6.45) is 1.35. The number of benzene rings is 3. The second-order valence-electron chi connectivity index (χ2n) is 7.59. The molecule has 1 N–H and O–H groups in total. The molecule has 0 aliphatic heterocycles. The summed E-state index contributed by atoms with van der Waals surface area (Å²) < 4.78 is 10.8. The molecule has 0 radical (unpaired) electrons. The first-order chi connectivity index (χ1) is 16.0. The van der Waals surface area contributed by atoms with Gasteiger partial charge in [0.05, 0.1) is 0 Å². The van der Waals surface area contributed by atoms with Crippen LogP contribution in [0.4, 0.5) is 0 Å². The Kier molecular flexibility index (Phi) is 5.01. The molecule has 0 fully saturated rings. The lowest BCUT2D eigenvalue weighted by Gasteiger charge is -2.10. The monoisotopic (exact) mass is 440 g/mol. The van der Waals surface area contributed by atoms with E-state index in [0.717, 1.165) is 22.7 Å². The van der Waals surface area contributed by atoms with Crippen LogP contribution < -0.4 is 0 Å². The van der Waals surface area contributed by atoms with Crippen LogP contribution in [-0.2, 0) is 12.8 Å². The molecule has 0 saturated heterocycles. The van der Waals surface area contributed by atoms with Gasteiger partial charge in [-0.15, -0.1) is 0 Å². The molecule has 7 nitrogen and oxygen atoms in total. The summed E-state index contributed by atoms with van der Waals surface area (Å²) in [5.41, 5.74) is 3.04. The van der Waals surface area contributed by atoms with E-state index >= 15 is 0 Å². The van der Waals surface area contributed by atoms with E-state index in [9.17, 15) is 14.7 Å². The van der Waals surface area contributed by atoms with Crippen molar-refractivity contribution in [2.75, 3.05) is 0 Å². The SMILES string of the molecule is CCc1nc2c(cc(O)c3ccccc32)o1.CCc1nc2c(o1)C(=O)C(=O)c1ccccc1-2. The molecule has 6 rings (SSSR count). The number of fused-ring (bicyclic) bond motifs is 6. The van der Waals surface area contributed by atoms with Crippen LogP contribution in [0.25, 0.3) is 33.1 Å². The molecule has 2 heterocycles. The standard InChI is InChI=1S/C13H9NO3.C13H11NO2/c1-2-9-14-10-7-5-3-4-6-8(7)11(15)12(16)13(10)17-9;1-2-12-14-13-9-6-4-3-5-8(9)10(15)7-11(13)16-12/h3-6H,2H2,1H3;3-7,15H,2H2,1H3. The second kappa shape index (κ2) is 8.02. The van der Waals surface area contributed by atoms with E-state index in [1.807, 2.05) is 44.2 Å². The number of hydrogen-bond acceptors (Lipinski definition) is 7. The third kappa shape index (κ3) is 3.38. The molecule has 0 amide bonds. The van der Waals surface area contributed by atoms with Crippen LogP contribution in [0.5, 0.6) is 5.75 Å². The van der Waals surface area contributed by atoms with Gasteiger partial charge in [-0.1, -0.05) is 62.4 Å². The Balaban J connectivity index is 0.000000139. The number of Topliss-reactive ketones (excluding diaryl/α,β-unsaturated/α-hetero) is 2. The first-order valence-electron chi connectivity index (χ1n) is 10.7. The Hall–Kier alpha value is -4.26. The van der Waals surface area contributed by atoms with Gasteiger partial charge >= 0.3 is 0 Å². The summed E-state index contributed by atoms with van der Waals surface area (Å²) in [5, 5.41) is 11.6. The lowest BCUT2D eigenvalue weighted by atomic mass is 9.91. The molecular weight excluding hydrogens is 420 g/mol. The Bertz CT molecular complexity index is 1540. The normalized spacial score (nSPS) is 12.4. The fourth-order valence-electron chi connectivity index (χ4n) is 3.90. The van der Waals surface area contributed by atoms with Crippen LogP contribution in [-0.4, -0.2) is 26.6 Å².